The van der Waals surface area contributed by atoms with Crippen molar-refractivity contribution in [3.8, 4) is 33.8 Å². The van der Waals surface area contributed by atoms with Crippen molar-refractivity contribution in [1.29, 1.82) is 0 Å². The van der Waals surface area contributed by atoms with Crippen molar-refractivity contribution in [2.24, 2.45) is 0 Å². The summed E-state index contributed by atoms with van der Waals surface area (Å²) in [6, 6.07) is 53.2. The molecule has 7 rings (SSSR count). The minimum atomic E-state index is 0.907. The predicted octanol–water partition coefficient (Wildman–Crippen LogP) is 10.7. The van der Waals surface area contributed by atoms with E-state index >= 15 is 0 Å². The molecular formula is C36H25NOS. The van der Waals surface area contributed by atoms with Crippen LogP contribution in [-0.4, -0.2) is 0 Å². The van der Waals surface area contributed by atoms with Gasteiger partial charge in [-0.3, -0.25) is 0 Å². The third-order valence-electron chi connectivity index (χ3n) is 6.94. The molecule has 1 heterocycles. The lowest BCUT2D eigenvalue weighted by Gasteiger charge is -2.26. The highest BCUT2D eigenvalue weighted by molar-refractivity contribution is 7.99. The van der Waals surface area contributed by atoms with E-state index in [1.54, 1.807) is 11.8 Å². The summed E-state index contributed by atoms with van der Waals surface area (Å²) in [5.41, 5.74) is 8.06. The molecule has 39 heavy (non-hydrogen) atoms. The zero-order valence-electron chi connectivity index (χ0n) is 21.2. The fraction of sp³-hybridized carbons (Fsp3) is 0. The van der Waals surface area contributed by atoms with E-state index in [4.69, 9.17) is 4.74 Å². The zero-order chi connectivity index (χ0) is 26.0. The Labute approximate surface area is 233 Å². The minimum absolute atomic E-state index is 0.907. The standard InChI is InChI=1S/C36H25NOS/c1-3-9-26(10-4-1)27-15-20-31(21-16-27)37(30-11-5-2-6-12-30)32-22-17-28(18-23-32)29-19-24-36-34(25-29)38-33-13-7-8-14-35(33)39-36/h1-25H. The highest BCUT2D eigenvalue weighted by Crippen LogP contribution is 2.48. The average Bonchev–Trinajstić information content (AvgIpc) is 3.01. The van der Waals surface area contributed by atoms with Crippen LogP contribution in [0.15, 0.2) is 161 Å². The third kappa shape index (κ3) is 4.69. The smallest absolute Gasteiger partial charge is 0.142 e. The molecule has 0 N–H and O–H groups in total. The van der Waals surface area contributed by atoms with Crippen LogP contribution >= 0.6 is 11.8 Å². The fourth-order valence-electron chi connectivity index (χ4n) is 4.97. The quantitative estimate of drug-likeness (QED) is 0.224. The Bertz CT molecular complexity index is 1730. The predicted molar refractivity (Wildman–Crippen MR) is 163 cm³/mol. The van der Waals surface area contributed by atoms with Gasteiger partial charge >= 0.3 is 0 Å². The Balaban J connectivity index is 1.20. The molecule has 0 radical (unpaired) electrons. The summed E-state index contributed by atoms with van der Waals surface area (Å²) >= 11 is 1.76. The van der Waals surface area contributed by atoms with Crippen molar-refractivity contribution in [2.75, 3.05) is 4.90 Å². The summed E-state index contributed by atoms with van der Waals surface area (Å²) in [7, 11) is 0. The summed E-state index contributed by atoms with van der Waals surface area (Å²) in [5, 5.41) is 0. The molecule has 0 spiro atoms. The van der Waals surface area contributed by atoms with Gasteiger partial charge in [-0.15, -0.1) is 0 Å². The van der Waals surface area contributed by atoms with Crippen molar-refractivity contribution in [1.82, 2.24) is 0 Å². The van der Waals surface area contributed by atoms with Gasteiger partial charge in [0.05, 0.1) is 9.79 Å². The van der Waals surface area contributed by atoms with Crippen LogP contribution in [0.2, 0.25) is 0 Å². The topological polar surface area (TPSA) is 12.5 Å². The van der Waals surface area contributed by atoms with E-state index < -0.39 is 0 Å². The van der Waals surface area contributed by atoms with Gasteiger partial charge in [-0.25, -0.2) is 0 Å². The molecule has 6 aromatic rings. The van der Waals surface area contributed by atoms with Crippen LogP contribution < -0.4 is 9.64 Å². The van der Waals surface area contributed by atoms with E-state index in [0.29, 0.717) is 0 Å². The van der Waals surface area contributed by atoms with Gasteiger partial charge in [-0.05, 0) is 82.9 Å². The zero-order valence-corrected chi connectivity index (χ0v) is 22.0. The number of fused-ring (bicyclic) bond motifs is 2. The van der Waals surface area contributed by atoms with Gasteiger partial charge in [-0.2, -0.15) is 0 Å². The van der Waals surface area contributed by atoms with E-state index in [1.165, 1.54) is 11.1 Å². The van der Waals surface area contributed by atoms with Crippen molar-refractivity contribution in [2.45, 2.75) is 9.79 Å². The van der Waals surface area contributed by atoms with Crippen molar-refractivity contribution in [3.05, 3.63) is 152 Å². The van der Waals surface area contributed by atoms with Crippen LogP contribution in [0.1, 0.15) is 0 Å². The molecule has 0 aliphatic carbocycles. The molecule has 0 saturated heterocycles. The molecule has 0 fully saturated rings. The second-order valence-electron chi connectivity index (χ2n) is 9.44. The molecule has 0 amide bonds. The van der Waals surface area contributed by atoms with Crippen LogP contribution in [-0.2, 0) is 0 Å². The molecule has 6 aromatic carbocycles. The van der Waals surface area contributed by atoms with Gasteiger partial charge in [0, 0.05) is 17.1 Å². The highest BCUT2D eigenvalue weighted by atomic mass is 32.2. The van der Waals surface area contributed by atoms with Crippen molar-refractivity contribution >= 4 is 28.8 Å². The fourth-order valence-corrected chi connectivity index (χ4v) is 5.90. The molecule has 186 valence electrons. The van der Waals surface area contributed by atoms with Gasteiger partial charge in [-0.1, -0.05) is 103 Å². The van der Waals surface area contributed by atoms with Gasteiger partial charge in [0.25, 0.3) is 0 Å². The second-order valence-corrected chi connectivity index (χ2v) is 10.5. The van der Waals surface area contributed by atoms with E-state index in [9.17, 15) is 0 Å². The normalized spacial score (nSPS) is 11.7. The van der Waals surface area contributed by atoms with Crippen molar-refractivity contribution in [3.63, 3.8) is 0 Å². The van der Waals surface area contributed by atoms with E-state index in [2.05, 4.69) is 132 Å². The molecule has 3 heteroatoms. The van der Waals surface area contributed by atoms with E-state index in [1.807, 2.05) is 24.3 Å². The Hall–Kier alpha value is -4.73. The van der Waals surface area contributed by atoms with Gasteiger partial charge in [0.1, 0.15) is 11.5 Å². The van der Waals surface area contributed by atoms with Crippen LogP contribution in [0.5, 0.6) is 11.5 Å². The first-order valence-corrected chi connectivity index (χ1v) is 13.8. The number of ether oxygens (including phenoxy) is 1. The monoisotopic (exact) mass is 519 g/mol. The Morgan fingerprint density at radius 3 is 1.56 bits per heavy atom. The number of rotatable bonds is 5. The summed E-state index contributed by atoms with van der Waals surface area (Å²) < 4.78 is 6.23. The van der Waals surface area contributed by atoms with Crippen molar-refractivity contribution < 1.29 is 4.74 Å². The molecule has 0 unspecified atom stereocenters. The first-order valence-electron chi connectivity index (χ1n) is 13.0. The number of anilines is 3. The molecule has 0 aromatic heterocycles. The Morgan fingerprint density at radius 2 is 0.872 bits per heavy atom. The van der Waals surface area contributed by atoms with Gasteiger partial charge in [0.15, 0.2) is 0 Å². The van der Waals surface area contributed by atoms with Gasteiger partial charge < -0.3 is 9.64 Å². The summed E-state index contributed by atoms with van der Waals surface area (Å²) in [6.07, 6.45) is 0. The van der Waals surface area contributed by atoms with Crippen LogP contribution in [0.25, 0.3) is 22.3 Å². The lowest BCUT2D eigenvalue weighted by Crippen LogP contribution is -2.09. The molecular weight excluding hydrogens is 494 g/mol. The Kier molecular flexibility index (Phi) is 6.12. The lowest BCUT2D eigenvalue weighted by molar-refractivity contribution is 0.455. The summed E-state index contributed by atoms with van der Waals surface area (Å²) in [6.45, 7) is 0. The number of para-hydroxylation sites is 2. The number of hydrogen-bond donors (Lipinski definition) is 0. The molecule has 2 nitrogen and oxygen atoms in total. The SMILES string of the molecule is c1ccc(-c2ccc(N(c3ccccc3)c3ccc(-c4ccc5c(c4)Oc4ccccc4S5)cc3)cc2)cc1. The van der Waals surface area contributed by atoms with Crippen LogP contribution in [0.4, 0.5) is 17.1 Å². The highest BCUT2D eigenvalue weighted by Gasteiger charge is 2.18. The molecule has 1 aliphatic heterocycles. The maximum absolute atomic E-state index is 6.23. The number of benzene rings is 6. The van der Waals surface area contributed by atoms with E-state index in [-0.39, 0.29) is 0 Å². The first kappa shape index (κ1) is 23.4. The second kappa shape index (κ2) is 10.2. The average molecular weight is 520 g/mol. The number of hydrogen-bond acceptors (Lipinski definition) is 3. The van der Waals surface area contributed by atoms with E-state index in [0.717, 1.165) is 49.5 Å². The molecule has 0 saturated carbocycles. The number of nitrogens with zero attached hydrogens (tertiary/aromatic N) is 1. The third-order valence-corrected chi connectivity index (χ3v) is 8.05. The largest absolute Gasteiger partial charge is 0.455 e. The first-order chi connectivity index (χ1) is 19.3. The molecule has 1 aliphatic rings. The lowest BCUT2D eigenvalue weighted by atomic mass is 10.0. The van der Waals surface area contributed by atoms with Crippen LogP contribution in [0.3, 0.4) is 0 Å². The minimum Gasteiger partial charge on any atom is -0.455 e. The van der Waals surface area contributed by atoms with Gasteiger partial charge in [0.2, 0.25) is 0 Å². The Morgan fingerprint density at radius 1 is 0.385 bits per heavy atom. The summed E-state index contributed by atoms with van der Waals surface area (Å²) in [5.74, 6) is 1.82. The summed E-state index contributed by atoms with van der Waals surface area (Å²) in [4.78, 5) is 4.59. The molecule has 0 bridgehead atoms. The maximum atomic E-state index is 6.23. The maximum Gasteiger partial charge on any atom is 0.142 e. The molecule has 0 atom stereocenters. The van der Waals surface area contributed by atoms with Crippen LogP contribution in [0, 0.1) is 0 Å².